The van der Waals surface area contributed by atoms with Gasteiger partial charge >= 0.3 is 5.97 Å². The Bertz CT molecular complexity index is 389. The molecule has 0 unspecified atom stereocenters. The summed E-state index contributed by atoms with van der Waals surface area (Å²) in [7, 11) is 0. The van der Waals surface area contributed by atoms with Gasteiger partial charge in [-0.2, -0.15) is 0 Å². The maximum atomic E-state index is 11.6. The van der Waals surface area contributed by atoms with Crippen molar-refractivity contribution in [1.29, 1.82) is 0 Å². The van der Waals surface area contributed by atoms with Gasteiger partial charge in [0.2, 0.25) is 0 Å². The van der Waals surface area contributed by atoms with Crippen molar-refractivity contribution in [3.05, 3.63) is 34.3 Å². The van der Waals surface area contributed by atoms with Crippen LogP contribution in [-0.4, -0.2) is 25.0 Å². The summed E-state index contributed by atoms with van der Waals surface area (Å²) in [6, 6.07) is 6.89. The van der Waals surface area contributed by atoms with E-state index in [1.807, 2.05) is 6.92 Å². The van der Waals surface area contributed by atoms with Crippen LogP contribution in [0.3, 0.4) is 0 Å². The zero-order chi connectivity index (χ0) is 12.7. The Morgan fingerprint density at radius 2 is 1.94 bits per heavy atom. The Balaban J connectivity index is 2.39. The third-order valence-electron chi connectivity index (χ3n) is 1.97. The smallest absolute Gasteiger partial charge is 0.325 e. The highest BCUT2D eigenvalue weighted by Gasteiger charge is 2.08. The van der Waals surface area contributed by atoms with Crippen molar-refractivity contribution in [1.82, 2.24) is 5.32 Å². The van der Waals surface area contributed by atoms with Crippen LogP contribution in [0.15, 0.2) is 28.7 Å². The van der Waals surface area contributed by atoms with Gasteiger partial charge < -0.3 is 10.1 Å². The quantitative estimate of drug-likeness (QED) is 0.848. The Kier molecular flexibility index (Phi) is 5.69. The van der Waals surface area contributed by atoms with Gasteiger partial charge in [0.25, 0.3) is 5.91 Å². The van der Waals surface area contributed by atoms with E-state index in [1.54, 1.807) is 24.3 Å². The number of hydrogen-bond acceptors (Lipinski definition) is 3. The normalized spacial score (nSPS) is 9.76. The molecule has 0 aliphatic heterocycles. The molecule has 0 saturated heterocycles. The van der Waals surface area contributed by atoms with Gasteiger partial charge in [-0.05, 0) is 30.7 Å². The first-order valence-electron chi connectivity index (χ1n) is 5.33. The van der Waals surface area contributed by atoms with Crippen molar-refractivity contribution in [3.63, 3.8) is 0 Å². The monoisotopic (exact) mass is 299 g/mol. The van der Waals surface area contributed by atoms with Gasteiger partial charge in [0.1, 0.15) is 6.54 Å². The van der Waals surface area contributed by atoms with Crippen molar-refractivity contribution >= 4 is 27.8 Å². The molecule has 17 heavy (non-hydrogen) atoms. The average Bonchev–Trinajstić information content (AvgIpc) is 2.34. The maximum Gasteiger partial charge on any atom is 0.325 e. The summed E-state index contributed by atoms with van der Waals surface area (Å²) in [6.07, 6.45) is 0.770. The number of carbonyl (C=O) groups excluding carboxylic acids is 2. The van der Waals surface area contributed by atoms with E-state index in [1.165, 1.54) is 0 Å². The average molecular weight is 300 g/mol. The van der Waals surface area contributed by atoms with E-state index in [9.17, 15) is 9.59 Å². The van der Waals surface area contributed by atoms with E-state index in [-0.39, 0.29) is 12.5 Å². The fourth-order valence-corrected chi connectivity index (χ4v) is 1.39. The number of amides is 1. The molecule has 1 aromatic rings. The molecule has 4 nitrogen and oxygen atoms in total. The molecular weight excluding hydrogens is 286 g/mol. The lowest BCUT2D eigenvalue weighted by atomic mass is 10.2. The Labute approximate surface area is 108 Å². The topological polar surface area (TPSA) is 55.4 Å². The van der Waals surface area contributed by atoms with Crippen molar-refractivity contribution in [3.8, 4) is 0 Å². The molecular formula is C12H14BrNO3. The standard InChI is InChI=1S/C12H14BrNO3/c1-2-7-17-11(15)8-14-12(16)9-3-5-10(13)6-4-9/h3-6H,2,7-8H2,1H3,(H,14,16). The fraction of sp³-hybridized carbons (Fsp3) is 0.333. The molecule has 1 amide bonds. The van der Waals surface area contributed by atoms with Crippen LogP contribution in [0.4, 0.5) is 0 Å². The molecule has 92 valence electrons. The predicted molar refractivity (Wildman–Crippen MR) is 67.7 cm³/mol. The molecule has 0 aromatic heterocycles. The first-order chi connectivity index (χ1) is 8.13. The van der Waals surface area contributed by atoms with E-state index < -0.39 is 5.97 Å². The molecule has 0 aliphatic carbocycles. The molecule has 0 heterocycles. The minimum Gasteiger partial charge on any atom is -0.464 e. The van der Waals surface area contributed by atoms with E-state index >= 15 is 0 Å². The Morgan fingerprint density at radius 3 is 2.53 bits per heavy atom. The molecule has 0 aliphatic rings. The molecule has 0 radical (unpaired) electrons. The van der Waals surface area contributed by atoms with E-state index in [4.69, 9.17) is 4.74 Å². The van der Waals surface area contributed by atoms with Crippen LogP contribution in [0.1, 0.15) is 23.7 Å². The van der Waals surface area contributed by atoms with Gasteiger partial charge in [-0.1, -0.05) is 22.9 Å². The van der Waals surface area contributed by atoms with Crippen molar-refractivity contribution in [2.75, 3.05) is 13.2 Å². The van der Waals surface area contributed by atoms with Crippen molar-refractivity contribution in [2.24, 2.45) is 0 Å². The van der Waals surface area contributed by atoms with E-state index in [0.29, 0.717) is 12.2 Å². The lowest BCUT2D eigenvalue weighted by molar-refractivity contribution is -0.142. The predicted octanol–water partition coefficient (Wildman–Crippen LogP) is 2.13. The van der Waals surface area contributed by atoms with Gasteiger partial charge in [0.05, 0.1) is 6.61 Å². The summed E-state index contributed by atoms with van der Waals surface area (Å²) in [5.74, 6) is -0.705. The zero-order valence-corrected chi connectivity index (χ0v) is 11.1. The number of rotatable bonds is 5. The van der Waals surface area contributed by atoms with Crippen LogP contribution in [0.2, 0.25) is 0 Å². The molecule has 0 fully saturated rings. The number of nitrogens with one attached hydrogen (secondary N) is 1. The number of benzene rings is 1. The highest BCUT2D eigenvalue weighted by atomic mass is 79.9. The summed E-state index contributed by atoms with van der Waals surface area (Å²) in [5, 5.41) is 2.50. The van der Waals surface area contributed by atoms with Gasteiger partial charge in [0, 0.05) is 10.0 Å². The van der Waals surface area contributed by atoms with Gasteiger partial charge in [-0.3, -0.25) is 9.59 Å². The highest BCUT2D eigenvalue weighted by Crippen LogP contribution is 2.10. The minimum atomic E-state index is -0.419. The molecule has 0 saturated carbocycles. The zero-order valence-electron chi connectivity index (χ0n) is 9.53. The lowest BCUT2D eigenvalue weighted by Crippen LogP contribution is -2.30. The first kappa shape index (κ1) is 13.7. The second kappa shape index (κ2) is 7.06. The fourth-order valence-electron chi connectivity index (χ4n) is 1.12. The van der Waals surface area contributed by atoms with Crippen molar-refractivity contribution in [2.45, 2.75) is 13.3 Å². The van der Waals surface area contributed by atoms with Crippen LogP contribution < -0.4 is 5.32 Å². The summed E-state index contributed by atoms with van der Waals surface area (Å²) in [4.78, 5) is 22.7. The van der Waals surface area contributed by atoms with E-state index in [0.717, 1.165) is 10.9 Å². The van der Waals surface area contributed by atoms with Gasteiger partial charge in [-0.25, -0.2) is 0 Å². The number of ether oxygens (including phenoxy) is 1. The summed E-state index contributed by atoms with van der Waals surface area (Å²) < 4.78 is 5.73. The second-order valence-corrected chi connectivity index (χ2v) is 4.33. The van der Waals surface area contributed by atoms with Gasteiger partial charge in [0.15, 0.2) is 0 Å². The Morgan fingerprint density at radius 1 is 1.29 bits per heavy atom. The largest absolute Gasteiger partial charge is 0.464 e. The molecule has 1 rings (SSSR count). The first-order valence-corrected chi connectivity index (χ1v) is 6.12. The molecule has 5 heteroatoms. The van der Waals surface area contributed by atoms with Crippen LogP contribution in [-0.2, 0) is 9.53 Å². The third-order valence-corrected chi connectivity index (χ3v) is 2.50. The molecule has 0 atom stereocenters. The van der Waals surface area contributed by atoms with E-state index in [2.05, 4.69) is 21.2 Å². The molecule has 0 bridgehead atoms. The third kappa shape index (κ3) is 4.99. The van der Waals surface area contributed by atoms with Crippen LogP contribution in [0.5, 0.6) is 0 Å². The highest BCUT2D eigenvalue weighted by molar-refractivity contribution is 9.10. The second-order valence-electron chi connectivity index (χ2n) is 3.41. The summed E-state index contributed by atoms with van der Waals surface area (Å²) >= 11 is 3.28. The molecule has 1 aromatic carbocycles. The van der Waals surface area contributed by atoms with Crippen LogP contribution >= 0.6 is 15.9 Å². The number of carbonyl (C=O) groups is 2. The van der Waals surface area contributed by atoms with Crippen molar-refractivity contribution < 1.29 is 14.3 Å². The maximum absolute atomic E-state index is 11.6. The lowest BCUT2D eigenvalue weighted by Gasteiger charge is -2.05. The van der Waals surface area contributed by atoms with Crippen LogP contribution in [0, 0.1) is 0 Å². The molecule has 0 spiro atoms. The molecule has 1 N–H and O–H groups in total. The van der Waals surface area contributed by atoms with Crippen LogP contribution in [0.25, 0.3) is 0 Å². The Hall–Kier alpha value is -1.36. The summed E-state index contributed by atoms with van der Waals surface area (Å²) in [5.41, 5.74) is 0.511. The number of esters is 1. The SMILES string of the molecule is CCCOC(=O)CNC(=O)c1ccc(Br)cc1. The number of halogens is 1. The minimum absolute atomic E-state index is 0.102. The number of hydrogen-bond donors (Lipinski definition) is 1. The van der Waals surface area contributed by atoms with Gasteiger partial charge in [-0.15, -0.1) is 0 Å². The summed E-state index contributed by atoms with van der Waals surface area (Å²) in [6.45, 7) is 2.19.